The molecule has 3 nitrogen and oxygen atoms in total. The average Bonchev–Trinajstić information content (AvgIpc) is 2.30. The second-order valence-electron chi connectivity index (χ2n) is 3.69. The number of aromatic carboxylic acids is 1. The Labute approximate surface area is 97.6 Å². The second-order valence-corrected chi connectivity index (χ2v) is 3.69. The third kappa shape index (κ3) is 2.15. The lowest BCUT2D eigenvalue weighted by Gasteiger charge is -2.07. The van der Waals surface area contributed by atoms with Gasteiger partial charge in [-0.05, 0) is 36.2 Å². The number of hydrogen-bond donors (Lipinski definition) is 1. The van der Waals surface area contributed by atoms with Gasteiger partial charge in [-0.1, -0.05) is 6.07 Å². The summed E-state index contributed by atoms with van der Waals surface area (Å²) in [6.07, 6.45) is 2.64. The van der Waals surface area contributed by atoms with Crippen molar-refractivity contribution in [1.82, 2.24) is 4.98 Å². The van der Waals surface area contributed by atoms with Gasteiger partial charge in [0.05, 0.1) is 11.8 Å². The summed E-state index contributed by atoms with van der Waals surface area (Å²) in [5.41, 5.74) is 2.01. The predicted molar refractivity (Wildman–Crippen MR) is 61.3 cm³/mol. The fourth-order valence-electron chi connectivity index (χ4n) is 1.69. The van der Waals surface area contributed by atoms with Crippen LogP contribution in [-0.4, -0.2) is 16.1 Å². The standard InChI is InChI=1S/C13H10FNO2/c1-8-6-9(13(16)17)2-3-10(8)11-4-5-15-7-12(11)14/h2-7H,1H3,(H,16,17). The molecule has 1 aromatic carbocycles. The lowest BCUT2D eigenvalue weighted by molar-refractivity contribution is 0.0697. The molecule has 0 radical (unpaired) electrons. The minimum atomic E-state index is -0.991. The minimum absolute atomic E-state index is 0.195. The van der Waals surface area contributed by atoms with E-state index in [1.54, 1.807) is 19.1 Å². The summed E-state index contributed by atoms with van der Waals surface area (Å²) in [5, 5.41) is 8.84. The van der Waals surface area contributed by atoms with Crippen LogP contribution in [0.5, 0.6) is 0 Å². The number of nitrogens with zero attached hydrogens (tertiary/aromatic N) is 1. The lowest BCUT2D eigenvalue weighted by atomic mass is 9.99. The van der Waals surface area contributed by atoms with Crippen molar-refractivity contribution in [2.75, 3.05) is 0 Å². The molecule has 86 valence electrons. The highest BCUT2D eigenvalue weighted by Gasteiger charge is 2.10. The molecule has 0 bridgehead atoms. The molecule has 0 saturated heterocycles. The summed E-state index contributed by atoms with van der Waals surface area (Å²) in [7, 11) is 0. The number of carbonyl (C=O) groups is 1. The number of carboxylic acids is 1. The highest BCUT2D eigenvalue weighted by Crippen LogP contribution is 2.26. The molecule has 0 spiro atoms. The van der Waals surface area contributed by atoms with Gasteiger partial charge in [0, 0.05) is 11.8 Å². The number of pyridine rings is 1. The van der Waals surface area contributed by atoms with Crippen molar-refractivity contribution in [2.45, 2.75) is 6.92 Å². The van der Waals surface area contributed by atoms with Gasteiger partial charge in [0.1, 0.15) is 5.82 Å². The van der Waals surface area contributed by atoms with Crippen LogP contribution in [-0.2, 0) is 0 Å². The van der Waals surface area contributed by atoms with Crippen molar-refractivity contribution >= 4 is 5.97 Å². The fourth-order valence-corrected chi connectivity index (χ4v) is 1.69. The molecule has 0 saturated carbocycles. The van der Waals surface area contributed by atoms with Crippen LogP contribution in [0, 0.1) is 12.7 Å². The molecule has 0 aliphatic rings. The summed E-state index contributed by atoms with van der Waals surface area (Å²) in [6.45, 7) is 1.75. The molecule has 2 aromatic rings. The maximum atomic E-state index is 13.5. The highest BCUT2D eigenvalue weighted by molar-refractivity contribution is 5.89. The van der Waals surface area contributed by atoms with Gasteiger partial charge in [-0.2, -0.15) is 0 Å². The third-order valence-electron chi connectivity index (χ3n) is 2.54. The van der Waals surface area contributed by atoms with Gasteiger partial charge >= 0.3 is 5.97 Å². The molecular formula is C13H10FNO2. The summed E-state index contributed by atoms with van der Waals surface area (Å²) in [5.74, 6) is -1.41. The van der Waals surface area contributed by atoms with Gasteiger partial charge in [0.25, 0.3) is 0 Å². The van der Waals surface area contributed by atoms with Gasteiger partial charge in [-0.3, -0.25) is 4.98 Å². The second kappa shape index (κ2) is 4.33. The zero-order valence-corrected chi connectivity index (χ0v) is 9.14. The van der Waals surface area contributed by atoms with Gasteiger partial charge in [0.15, 0.2) is 0 Å². The molecule has 0 aliphatic carbocycles. The van der Waals surface area contributed by atoms with Crippen LogP contribution in [0.25, 0.3) is 11.1 Å². The van der Waals surface area contributed by atoms with Crippen LogP contribution in [0.4, 0.5) is 4.39 Å². The first kappa shape index (κ1) is 11.3. The topological polar surface area (TPSA) is 50.2 Å². The molecule has 0 aliphatic heterocycles. The Bertz CT molecular complexity index is 581. The van der Waals surface area contributed by atoms with Crippen molar-refractivity contribution in [2.24, 2.45) is 0 Å². The van der Waals surface area contributed by atoms with Crippen molar-refractivity contribution in [1.29, 1.82) is 0 Å². The van der Waals surface area contributed by atoms with Crippen LogP contribution >= 0.6 is 0 Å². The van der Waals surface area contributed by atoms with Crippen LogP contribution in [0.15, 0.2) is 36.7 Å². The van der Waals surface area contributed by atoms with Crippen LogP contribution < -0.4 is 0 Å². The van der Waals surface area contributed by atoms with Crippen molar-refractivity contribution in [3.63, 3.8) is 0 Å². The van der Waals surface area contributed by atoms with Gasteiger partial charge in [-0.15, -0.1) is 0 Å². The normalized spacial score (nSPS) is 10.2. The van der Waals surface area contributed by atoms with E-state index in [1.807, 2.05) is 0 Å². The molecule has 0 amide bonds. The minimum Gasteiger partial charge on any atom is -0.478 e. The number of halogens is 1. The Morgan fingerprint density at radius 1 is 1.29 bits per heavy atom. The van der Waals surface area contributed by atoms with Gasteiger partial charge < -0.3 is 5.11 Å². The molecule has 2 rings (SSSR count). The molecule has 17 heavy (non-hydrogen) atoms. The van der Waals surface area contributed by atoms with Crippen molar-refractivity contribution < 1.29 is 14.3 Å². The molecule has 1 N–H and O–H groups in total. The van der Waals surface area contributed by atoms with E-state index in [-0.39, 0.29) is 5.56 Å². The van der Waals surface area contributed by atoms with Crippen molar-refractivity contribution in [3.8, 4) is 11.1 Å². The van der Waals surface area contributed by atoms with E-state index in [0.29, 0.717) is 11.1 Å². The Balaban J connectivity index is 2.55. The molecule has 1 heterocycles. The molecule has 0 unspecified atom stereocenters. The SMILES string of the molecule is Cc1cc(C(=O)O)ccc1-c1ccncc1F. The monoisotopic (exact) mass is 231 g/mol. The quantitative estimate of drug-likeness (QED) is 0.864. The van der Waals surface area contributed by atoms with E-state index in [9.17, 15) is 9.18 Å². The molecule has 0 atom stereocenters. The Morgan fingerprint density at radius 3 is 2.65 bits per heavy atom. The lowest BCUT2D eigenvalue weighted by Crippen LogP contribution is -1.97. The first-order valence-corrected chi connectivity index (χ1v) is 5.03. The smallest absolute Gasteiger partial charge is 0.335 e. The molecule has 4 heteroatoms. The highest BCUT2D eigenvalue weighted by atomic mass is 19.1. The van der Waals surface area contributed by atoms with E-state index in [0.717, 1.165) is 11.8 Å². The summed E-state index contributed by atoms with van der Waals surface area (Å²) >= 11 is 0. The number of carboxylic acid groups (broad SMARTS) is 1. The van der Waals surface area contributed by atoms with Gasteiger partial charge in [0.2, 0.25) is 0 Å². The van der Waals surface area contributed by atoms with Crippen LogP contribution in [0.3, 0.4) is 0 Å². The Hall–Kier alpha value is -2.23. The number of benzene rings is 1. The zero-order chi connectivity index (χ0) is 12.4. The first-order valence-electron chi connectivity index (χ1n) is 5.03. The fraction of sp³-hybridized carbons (Fsp3) is 0.0769. The maximum absolute atomic E-state index is 13.5. The summed E-state index contributed by atoms with van der Waals surface area (Å²) in [6, 6.07) is 6.16. The first-order chi connectivity index (χ1) is 8.09. The third-order valence-corrected chi connectivity index (χ3v) is 2.54. The van der Waals surface area contributed by atoms with Crippen LogP contribution in [0.2, 0.25) is 0 Å². The summed E-state index contributed by atoms with van der Waals surface area (Å²) in [4.78, 5) is 14.5. The number of aryl methyl sites for hydroxylation is 1. The Morgan fingerprint density at radius 2 is 2.06 bits per heavy atom. The molecule has 0 fully saturated rings. The molecular weight excluding hydrogens is 221 g/mol. The maximum Gasteiger partial charge on any atom is 0.335 e. The van der Waals surface area contributed by atoms with Crippen LogP contribution in [0.1, 0.15) is 15.9 Å². The van der Waals surface area contributed by atoms with E-state index in [2.05, 4.69) is 4.98 Å². The van der Waals surface area contributed by atoms with E-state index >= 15 is 0 Å². The van der Waals surface area contributed by atoms with Crippen molar-refractivity contribution in [3.05, 3.63) is 53.6 Å². The van der Waals surface area contributed by atoms with Gasteiger partial charge in [-0.25, -0.2) is 9.18 Å². The average molecular weight is 231 g/mol. The number of rotatable bonds is 2. The number of aromatic nitrogens is 1. The van der Waals surface area contributed by atoms with E-state index in [1.165, 1.54) is 18.3 Å². The van der Waals surface area contributed by atoms with E-state index < -0.39 is 11.8 Å². The largest absolute Gasteiger partial charge is 0.478 e. The number of hydrogen-bond acceptors (Lipinski definition) is 2. The Kier molecular flexibility index (Phi) is 2.87. The van der Waals surface area contributed by atoms with E-state index in [4.69, 9.17) is 5.11 Å². The summed E-state index contributed by atoms with van der Waals surface area (Å²) < 4.78 is 13.5. The zero-order valence-electron chi connectivity index (χ0n) is 9.14. The predicted octanol–water partition coefficient (Wildman–Crippen LogP) is 2.89. The molecule has 1 aromatic heterocycles.